The summed E-state index contributed by atoms with van der Waals surface area (Å²) in [5.41, 5.74) is 7.35. The quantitative estimate of drug-likeness (QED) is 0.721. The van der Waals surface area contributed by atoms with Crippen molar-refractivity contribution < 1.29 is 14.7 Å². The molecule has 0 aliphatic heterocycles. The molecule has 1 heterocycles. The zero-order chi connectivity index (χ0) is 22.4. The number of carboxylic acid groups (broad SMARTS) is 1. The van der Waals surface area contributed by atoms with E-state index in [0.29, 0.717) is 17.6 Å². The Hall–Kier alpha value is -2.74. The van der Waals surface area contributed by atoms with Crippen LogP contribution in [0.15, 0.2) is 24.4 Å². The Morgan fingerprint density at radius 3 is 2.21 bits per heavy atom. The number of carbonyl (C=O) groups is 2. The van der Waals surface area contributed by atoms with Crippen LogP contribution in [0.2, 0.25) is 0 Å². The van der Waals surface area contributed by atoms with E-state index in [2.05, 4.69) is 36.4 Å². The first-order chi connectivity index (χ1) is 13.2. The van der Waals surface area contributed by atoms with Gasteiger partial charge in [0.2, 0.25) is 0 Å². The molecule has 0 unspecified atom stereocenters. The van der Waals surface area contributed by atoms with Crippen LogP contribution in [0.4, 0.5) is 0 Å². The molecule has 1 aromatic carbocycles. The van der Waals surface area contributed by atoms with Crippen molar-refractivity contribution >= 4 is 11.9 Å². The Morgan fingerprint density at radius 2 is 1.72 bits per heavy atom. The molecule has 29 heavy (non-hydrogen) atoms. The molecule has 1 amide bonds. The molecular weight excluding hydrogens is 370 g/mol. The number of aromatic nitrogens is 3. The third-order valence-electron chi connectivity index (χ3n) is 3.82. The van der Waals surface area contributed by atoms with Gasteiger partial charge in [-0.25, -0.2) is 9.48 Å². The summed E-state index contributed by atoms with van der Waals surface area (Å²) >= 11 is 0. The summed E-state index contributed by atoms with van der Waals surface area (Å²) in [4.78, 5) is 23.2. The first-order valence-corrected chi connectivity index (χ1v) is 9.48. The third-order valence-corrected chi connectivity index (χ3v) is 3.82. The number of rotatable bonds is 4. The Kier molecular flexibility index (Phi) is 8.08. The third kappa shape index (κ3) is 8.43. The van der Waals surface area contributed by atoms with Gasteiger partial charge >= 0.3 is 5.97 Å². The number of hydrogen-bond donors (Lipinski definition) is 3. The molecule has 0 saturated carbocycles. The highest BCUT2D eigenvalue weighted by atomic mass is 16.4. The molecule has 4 N–H and O–H groups in total. The Labute approximate surface area is 172 Å². The van der Waals surface area contributed by atoms with Gasteiger partial charge in [-0.05, 0) is 42.0 Å². The monoisotopic (exact) mass is 403 g/mol. The van der Waals surface area contributed by atoms with Crippen molar-refractivity contribution in [3.63, 3.8) is 0 Å². The Bertz CT molecular complexity index is 845. The zero-order valence-electron chi connectivity index (χ0n) is 18.4. The van der Waals surface area contributed by atoms with E-state index >= 15 is 0 Å². The second-order valence-electron chi connectivity index (χ2n) is 9.36. The molecule has 0 atom stereocenters. The number of nitrogens with two attached hydrogens (primary N) is 1. The highest BCUT2D eigenvalue weighted by molar-refractivity contribution is 5.92. The number of carboxylic acids is 1. The van der Waals surface area contributed by atoms with Crippen molar-refractivity contribution in [2.24, 2.45) is 16.6 Å². The number of nitrogens with one attached hydrogen (secondary N) is 1. The molecule has 8 heteroatoms. The van der Waals surface area contributed by atoms with Gasteiger partial charge in [-0.15, -0.1) is 5.10 Å². The number of amides is 1. The van der Waals surface area contributed by atoms with Crippen LogP contribution in [0.3, 0.4) is 0 Å². The van der Waals surface area contributed by atoms with Gasteiger partial charge in [0.05, 0.1) is 17.4 Å². The van der Waals surface area contributed by atoms with Crippen LogP contribution < -0.4 is 11.1 Å². The fourth-order valence-corrected chi connectivity index (χ4v) is 1.91. The average Bonchev–Trinajstić information content (AvgIpc) is 3.09. The standard InChI is InChI=1S/C16H20N4O3.C5H13N/c1-10-5-6-11(15(22)23)7-13(10)20-8-12(18-19-20)14(21)17-9-16(2,3)4;1-5(2,3)4-6/h5-8H,9H2,1-4H3,(H,17,21)(H,22,23);4,6H2,1-3H3. The van der Waals surface area contributed by atoms with Gasteiger partial charge in [-0.2, -0.15) is 0 Å². The van der Waals surface area contributed by atoms with E-state index in [4.69, 9.17) is 10.8 Å². The number of nitrogens with zero attached hydrogens (tertiary/aromatic N) is 3. The van der Waals surface area contributed by atoms with Gasteiger partial charge in [0, 0.05) is 6.54 Å². The molecule has 0 spiro atoms. The molecule has 0 bridgehead atoms. The molecule has 160 valence electrons. The van der Waals surface area contributed by atoms with Gasteiger partial charge in [0.1, 0.15) is 0 Å². The van der Waals surface area contributed by atoms with E-state index in [1.165, 1.54) is 23.0 Å². The number of aromatic carboxylic acids is 1. The molecule has 0 radical (unpaired) electrons. The van der Waals surface area contributed by atoms with E-state index in [-0.39, 0.29) is 22.6 Å². The lowest BCUT2D eigenvalue weighted by Crippen LogP contribution is -2.32. The fraction of sp³-hybridized carbons (Fsp3) is 0.524. The zero-order valence-corrected chi connectivity index (χ0v) is 18.4. The van der Waals surface area contributed by atoms with Gasteiger partial charge in [-0.1, -0.05) is 52.8 Å². The summed E-state index contributed by atoms with van der Waals surface area (Å²) in [5, 5.41) is 19.7. The maximum absolute atomic E-state index is 12.1. The molecule has 0 aliphatic carbocycles. The maximum atomic E-state index is 12.1. The van der Waals surface area contributed by atoms with Crippen LogP contribution >= 0.6 is 0 Å². The smallest absolute Gasteiger partial charge is 0.335 e. The van der Waals surface area contributed by atoms with Gasteiger partial charge < -0.3 is 16.2 Å². The van der Waals surface area contributed by atoms with Crippen LogP contribution in [-0.4, -0.2) is 45.1 Å². The maximum Gasteiger partial charge on any atom is 0.335 e. The lowest BCUT2D eigenvalue weighted by atomic mass is 9.97. The van der Waals surface area contributed by atoms with Crippen LogP contribution in [0.5, 0.6) is 0 Å². The molecule has 2 rings (SSSR count). The van der Waals surface area contributed by atoms with E-state index in [1.807, 2.05) is 27.7 Å². The first kappa shape index (κ1) is 24.3. The van der Waals surface area contributed by atoms with Gasteiger partial charge in [0.25, 0.3) is 5.91 Å². The second-order valence-corrected chi connectivity index (χ2v) is 9.36. The van der Waals surface area contributed by atoms with E-state index < -0.39 is 5.97 Å². The minimum Gasteiger partial charge on any atom is -0.478 e. The molecule has 0 aliphatic rings. The van der Waals surface area contributed by atoms with E-state index in [0.717, 1.165) is 12.1 Å². The Balaban J connectivity index is 0.000000612. The lowest BCUT2D eigenvalue weighted by Gasteiger charge is -2.17. The molecule has 2 aromatic rings. The first-order valence-electron chi connectivity index (χ1n) is 9.48. The van der Waals surface area contributed by atoms with Crippen molar-refractivity contribution in [3.8, 4) is 5.69 Å². The van der Waals surface area contributed by atoms with E-state index in [1.54, 1.807) is 6.07 Å². The van der Waals surface area contributed by atoms with Gasteiger partial charge in [-0.3, -0.25) is 4.79 Å². The average molecular weight is 404 g/mol. The highest BCUT2D eigenvalue weighted by Gasteiger charge is 2.17. The number of aryl methyl sites for hydroxylation is 1. The van der Waals surface area contributed by atoms with Crippen molar-refractivity contribution in [2.75, 3.05) is 13.1 Å². The Morgan fingerprint density at radius 1 is 1.14 bits per heavy atom. The summed E-state index contributed by atoms with van der Waals surface area (Å²) < 4.78 is 1.41. The van der Waals surface area contributed by atoms with Crippen molar-refractivity contribution in [2.45, 2.75) is 48.5 Å². The second kappa shape index (κ2) is 9.65. The van der Waals surface area contributed by atoms with Crippen LogP contribution in [-0.2, 0) is 0 Å². The van der Waals surface area contributed by atoms with Gasteiger partial charge in [0.15, 0.2) is 5.69 Å². The van der Waals surface area contributed by atoms with Crippen molar-refractivity contribution in [1.82, 2.24) is 20.3 Å². The van der Waals surface area contributed by atoms with Crippen LogP contribution in [0, 0.1) is 17.8 Å². The van der Waals surface area contributed by atoms with Crippen molar-refractivity contribution in [1.29, 1.82) is 0 Å². The normalized spacial score (nSPS) is 11.4. The fourth-order valence-electron chi connectivity index (χ4n) is 1.91. The molecule has 1 aromatic heterocycles. The topological polar surface area (TPSA) is 123 Å². The van der Waals surface area contributed by atoms with Crippen molar-refractivity contribution in [3.05, 3.63) is 41.2 Å². The van der Waals surface area contributed by atoms with Crippen LogP contribution in [0.25, 0.3) is 5.69 Å². The SMILES string of the molecule is CC(C)(C)CN.Cc1ccc(C(=O)O)cc1-n1cc(C(=O)NCC(C)(C)C)nn1. The summed E-state index contributed by atoms with van der Waals surface area (Å²) in [7, 11) is 0. The molecule has 0 fully saturated rings. The minimum atomic E-state index is -1.02. The highest BCUT2D eigenvalue weighted by Crippen LogP contribution is 2.16. The summed E-state index contributed by atoms with van der Waals surface area (Å²) in [5.74, 6) is -1.33. The molecule has 0 saturated heterocycles. The summed E-state index contributed by atoms with van der Waals surface area (Å²) in [6.07, 6.45) is 1.49. The summed E-state index contributed by atoms with van der Waals surface area (Å²) in [6, 6.07) is 4.72. The summed E-state index contributed by atoms with van der Waals surface area (Å²) in [6.45, 7) is 15.5. The molecule has 8 nitrogen and oxygen atoms in total. The predicted molar refractivity (Wildman–Crippen MR) is 113 cm³/mol. The lowest BCUT2D eigenvalue weighted by molar-refractivity contribution is 0.0696. The number of benzene rings is 1. The number of carbonyl (C=O) groups excluding carboxylic acids is 1. The predicted octanol–water partition coefficient (Wildman–Crippen LogP) is 3.04. The van der Waals surface area contributed by atoms with Crippen LogP contribution in [0.1, 0.15) is 68.0 Å². The minimum absolute atomic E-state index is 0.0297. The molecular formula is C21H33N5O3. The number of hydrogen-bond acceptors (Lipinski definition) is 5. The largest absolute Gasteiger partial charge is 0.478 e. The van der Waals surface area contributed by atoms with E-state index in [9.17, 15) is 9.59 Å².